The van der Waals surface area contributed by atoms with Gasteiger partial charge in [0.1, 0.15) is 17.8 Å². The normalized spacial score (nSPS) is 27.5. The molecular formula is C17H20O5S2. The van der Waals surface area contributed by atoms with Crippen LogP contribution in [0.1, 0.15) is 18.9 Å². The molecule has 2 aromatic rings. The first-order valence-corrected chi connectivity index (χ1v) is 9.81. The van der Waals surface area contributed by atoms with Crippen LogP contribution in [0.15, 0.2) is 38.4 Å². The highest BCUT2D eigenvalue weighted by Gasteiger charge is 2.37. The maximum Gasteiger partial charge on any atom is 0.336 e. The van der Waals surface area contributed by atoms with E-state index in [2.05, 4.69) is 6.92 Å². The van der Waals surface area contributed by atoms with Crippen LogP contribution < -0.4 is 5.63 Å². The molecule has 3 N–H and O–H groups in total. The number of fused-ring (bicyclic) bond motifs is 1. The molecule has 4 atom stereocenters. The van der Waals surface area contributed by atoms with Crippen LogP contribution in [-0.4, -0.2) is 44.0 Å². The Morgan fingerprint density at radius 2 is 2.04 bits per heavy atom. The minimum atomic E-state index is -1.14. The molecule has 1 aliphatic rings. The fourth-order valence-corrected chi connectivity index (χ4v) is 5.45. The highest BCUT2D eigenvalue weighted by atomic mass is 32.2. The van der Waals surface area contributed by atoms with Crippen LogP contribution in [-0.2, 0) is 6.42 Å². The average Bonchev–Trinajstić information content (AvgIpc) is 2.55. The van der Waals surface area contributed by atoms with Crippen molar-refractivity contribution < 1.29 is 19.7 Å². The van der Waals surface area contributed by atoms with Crippen LogP contribution in [0.5, 0.6) is 0 Å². The summed E-state index contributed by atoms with van der Waals surface area (Å²) in [5.41, 5.74) is 1.15. The molecule has 7 heteroatoms. The maximum absolute atomic E-state index is 11.7. The minimum absolute atomic E-state index is 0.286. The van der Waals surface area contributed by atoms with Crippen LogP contribution >= 0.6 is 23.5 Å². The molecule has 0 unspecified atom stereocenters. The lowest BCUT2D eigenvalue weighted by molar-refractivity contribution is -0.0474. The van der Waals surface area contributed by atoms with Gasteiger partial charge in [0.2, 0.25) is 0 Å². The third-order valence-corrected chi connectivity index (χ3v) is 6.90. The van der Waals surface area contributed by atoms with Crippen LogP contribution in [0.2, 0.25) is 0 Å². The number of hydrogen-bond acceptors (Lipinski definition) is 7. The number of aliphatic hydroxyl groups excluding tert-OH is 3. The lowest BCUT2D eigenvalue weighted by Gasteiger charge is -2.34. The molecule has 0 saturated carbocycles. The van der Waals surface area contributed by atoms with Gasteiger partial charge in [-0.3, -0.25) is 0 Å². The lowest BCUT2D eigenvalue weighted by Crippen LogP contribution is -2.47. The van der Waals surface area contributed by atoms with Gasteiger partial charge in [0.05, 0.1) is 10.7 Å². The summed E-state index contributed by atoms with van der Waals surface area (Å²) in [6.07, 6.45) is -1.31. The van der Waals surface area contributed by atoms with E-state index in [9.17, 15) is 20.1 Å². The Morgan fingerprint density at radius 3 is 2.79 bits per heavy atom. The quantitative estimate of drug-likeness (QED) is 0.711. The first-order chi connectivity index (χ1) is 11.5. The predicted octanol–water partition coefficient (Wildman–Crippen LogP) is 1.99. The number of aryl methyl sites for hydroxylation is 1. The van der Waals surface area contributed by atoms with Crippen molar-refractivity contribution in [2.24, 2.45) is 0 Å². The van der Waals surface area contributed by atoms with Crippen LogP contribution in [0, 0.1) is 0 Å². The molecule has 130 valence electrons. The fraction of sp³-hybridized carbons (Fsp3) is 0.471. The van der Waals surface area contributed by atoms with Gasteiger partial charge in [-0.25, -0.2) is 4.79 Å². The van der Waals surface area contributed by atoms with E-state index in [0.29, 0.717) is 11.3 Å². The number of thioether (sulfide) groups is 2. The molecule has 1 saturated heterocycles. The lowest BCUT2D eigenvalue weighted by atomic mass is 10.1. The summed E-state index contributed by atoms with van der Waals surface area (Å²) < 4.78 is 5.03. The van der Waals surface area contributed by atoms with E-state index in [-0.39, 0.29) is 10.2 Å². The third kappa shape index (κ3) is 3.65. The zero-order valence-electron chi connectivity index (χ0n) is 13.2. The average molecular weight is 368 g/mol. The first-order valence-electron chi connectivity index (χ1n) is 7.89. The maximum atomic E-state index is 11.7. The smallest absolute Gasteiger partial charge is 0.336 e. The van der Waals surface area contributed by atoms with Crippen molar-refractivity contribution in [3.63, 3.8) is 0 Å². The van der Waals surface area contributed by atoms with Gasteiger partial charge in [-0.2, -0.15) is 0 Å². The fourth-order valence-electron chi connectivity index (χ4n) is 2.78. The van der Waals surface area contributed by atoms with Gasteiger partial charge >= 0.3 is 5.63 Å². The van der Waals surface area contributed by atoms with Crippen molar-refractivity contribution in [3.05, 3.63) is 40.2 Å². The molecule has 1 aromatic heterocycles. The molecule has 0 aliphatic carbocycles. The highest BCUT2D eigenvalue weighted by Crippen LogP contribution is 2.39. The van der Waals surface area contributed by atoms with Gasteiger partial charge in [0, 0.05) is 22.1 Å². The molecule has 0 radical (unpaired) electrons. The summed E-state index contributed by atoms with van der Waals surface area (Å²) in [5, 5.41) is 30.4. The Bertz CT molecular complexity index is 775. The Morgan fingerprint density at radius 1 is 1.25 bits per heavy atom. The van der Waals surface area contributed by atoms with E-state index in [1.54, 1.807) is 6.07 Å². The minimum Gasteiger partial charge on any atom is -0.423 e. The van der Waals surface area contributed by atoms with Gasteiger partial charge < -0.3 is 19.7 Å². The summed E-state index contributed by atoms with van der Waals surface area (Å²) in [4.78, 5) is 12.6. The number of hydrogen-bond donors (Lipinski definition) is 3. The van der Waals surface area contributed by atoms with E-state index in [1.807, 2.05) is 12.1 Å². The predicted molar refractivity (Wildman–Crippen MR) is 96.6 cm³/mol. The number of aliphatic hydroxyl groups is 3. The second-order valence-electron chi connectivity index (χ2n) is 5.87. The zero-order valence-corrected chi connectivity index (χ0v) is 14.8. The molecule has 3 rings (SSSR count). The van der Waals surface area contributed by atoms with Crippen molar-refractivity contribution in [3.8, 4) is 0 Å². The van der Waals surface area contributed by atoms with Gasteiger partial charge in [-0.15, -0.1) is 23.5 Å². The molecular weight excluding hydrogens is 348 g/mol. The summed E-state index contributed by atoms with van der Waals surface area (Å²) in [6.45, 7) is 2.06. The van der Waals surface area contributed by atoms with Gasteiger partial charge in [-0.05, 0) is 30.2 Å². The van der Waals surface area contributed by atoms with Crippen molar-refractivity contribution in [2.45, 2.75) is 47.6 Å². The second-order valence-corrected chi connectivity index (χ2v) is 8.55. The molecule has 24 heavy (non-hydrogen) atoms. The summed E-state index contributed by atoms with van der Waals surface area (Å²) in [7, 11) is 0. The topological polar surface area (TPSA) is 90.9 Å². The van der Waals surface area contributed by atoms with E-state index in [1.165, 1.54) is 29.6 Å². The van der Waals surface area contributed by atoms with Gasteiger partial charge in [-0.1, -0.05) is 13.3 Å². The Balaban J connectivity index is 1.87. The number of rotatable bonds is 4. The summed E-state index contributed by atoms with van der Waals surface area (Å²) in [6, 6.07) is 7.19. The van der Waals surface area contributed by atoms with Crippen LogP contribution in [0.3, 0.4) is 0 Å². The summed E-state index contributed by atoms with van der Waals surface area (Å²) >= 11 is 2.81. The van der Waals surface area contributed by atoms with Crippen molar-refractivity contribution in [1.82, 2.24) is 0 Å². The van der Waals surface area contributed by atoms with E-state index in [4.69, 9.17) is 4.42 Å². The molecule has 5 nitrogen and oxygen atoms in total. The van der Waals surface area contributed by atoms with E-state index in [0.717, 1.165) is 28.7 Å². The van der Waals surface area contributed by atoms with E-state index < -0.39 is 18.3 Å². The molecule has 0 bridgehead atoms. The van der Waals surface area contributed by atoms with Crippen molar-refractivity contribution in [2.75, 3.05) is 5.75 Å². The molecule has 0 spiro atoms. The van der Waals surface area contributed by atoms with Gasteiger partial charge in [0.15, 0.2) is 0 Å². The molecule has 1 aliphatic heterocycles. The second kappa shape index (κ2) is 7.49. The number of benzene rings is 1. The summed E-state index contributed by atoms with van der Waals surface area (Å²) in [5.74, 6) is 0.374. The SMILES string of the molecule is CCCc1cc(=O)oc2cc(S[C@@H]3SC[C@@H](O)[C@H](O)[C@H]3O)ccc12. The molecule has 2 heterocycles. The monoisotopic (exact) mass is 368 g/mol. The highest BCUT2D eigenvalue weighted by molar-refractivity contribution is 8.17. The van der Waals surface area contributed by atoms with Gasteiger partial charge in [0.25, 0.3) is 0 Å². The molecule has 1 aromatic carbocycles. The van der Waals surface area contributed by atoms with Crippen molar-refractivity contribution >= 4 is 34.5 Å². The largest absolute Gasteiger partial charge is 0.423 e. The van der Waals surface area contributed by atoms with Crippen LogP contribution in [0.4, 0.5) is 0 Å². The van der Waals surface area contributed by atoms with E-state index >= 15 is 0 Å². The standard InChI is InChI=1S/C17H20O5S2/c1-2-3-9-6-14(19)22-13-7-10(4-5-11(9)13)24-17-16(21)15(20)12(18)8-23-17/h4-7,12,15-18,20-21H,2-3,8H2,1H3/t12-,15+,16-,17+/m1/s1. The first kappa shape index (κ1) is 17.8. The Kier molecular flexibility index (Phi) is 5.56. The zero-order chi connectivity index (χ0) is 17.3. The third-order valence-electron chi connectivity index (χ3n) is 4.03. The Labute approximate surface area is 148 Å². The molecule has 1 fully saturated rings. The molecule has 0 amide bonds. The Hall–Kier alpha value is -0.990. The van der Waals surface area contributed by atoms with Crippen molar-refractivity contribution in [1.29, 1.82) is 0 Å². The van der Waals surface area contributed by atoms with Crippen LogP contribution in [0.25, 0.3) is 11.0 Å².